The number of isocyanates is 1. The molecule has 5 heavy (non-hydrogen) atoms. The van der Waals surface area contributed by atoms with Crippen molar-refractivity contribution < 1.29 is 4.79 Å². The van der Waals surface area contributed by atoms with Crippen LogP contribution >= 0.6 is 23.3 Å². The second-order valence-electron chi connectivity index (χ2n) is 0.102. The minimum Gasteiger partial charge on any atom is -0.222 e. The summed E-state index contributed by atoms with van der Waals surface area (Å²) in [6, 6.07) is 0. The summed E-state index contributed by atoms with van der Waals surface area (Å²) in [4.78, 5) is 8.35. The monoisotopic (exact) mass is 109 g/mol. The second kappa shape index (κ2) is 33.2. The van der Waals surface area contributed by atoms with E-state index >= 15 is 0 Å². The number of carbonyl (C=O) groups excluding carboxylic acids is 1. The standard InChI is InChI=1S/CHNO.H2S2/c2-1-3;1-2/h2H;1-2H. The predicted molar refractivity (Wildman–Crippen MR) is 26.4 cm³/mol. The number of nitrogens with one attached hydrogen (secondary N) is 1. The summed E-state index contributed by atoms with van der Waals surface area (Å²) in [6.45, 7) is 0. The molecule has 0 radical (unpaired) electrons. The van der Waals surface area contributed by atoms with Crippen LogP contribution in [0.4, 0.5) is 0 Å². The molecule has 0 aliphatic heterocycles. The molecule has 0 saturated heterocycles. The van der Waals surface area contributed by atoms with Gasteiger partial charge in [0, 0.05) is 0 Å². The van der Waals surface area contributed by atoms with Crippen molar-refractivity contribution in [3.05, 3.63) is 0 Å². The summed E-state index contributed by atoms with van der Waals surface area (Å²) in [6.07, 6.45) is 0.750. The van der Waals surface area contributed by atoms with Crippen molar-refractivity contribution in [3.8, 4) is 0 Å². The molecule has 0 unspecified atom stereocenters. The van der Waals surface area contributed by atoms with Crippen LogP contribution in [0, 0.1) is 5.41 Å². The molecule has 0 aromatic heterocycles. The number of rotatable bonds is 0. The minimum atomic E-state index is 0.750. The SMILES string of the molecule is N=C=O.SS. The van der Waals surface area contributed by atoms with Crippen molar-refractivity contribution in [1.82, 2.24) is 0 Å². The van der Waals surface area contributed by atoms with Crippen molar-refractivity contribution in [2.24, 2.45) is 0 Å². The highest BCUT2D eigenvalue weighted by atomic mass is 33.1. The van der Waals surface area contributed by atoms with E-state index in [-0.39, 0.29) is 0 Å². The van der Waals surface area contributed by atoms with Gasteiger partial charge in [0.05, 0.1) is 0 Å². The Bertz CT molecular complexity index is 30.6. The van der Waals surface area contributed by atoms with E-state index in [1.807, 2.05) is 0 Å². The summed E-state index contributed by atoms with van der Waals surface area (Å²) < 4.78 is 0. The number of thiol groups is 2. The Hall–Kier alpha value is 0.0800. The molecule has 0 bridgehead atoms. The van der Waals surface area contributed by atoms with Gasteiger partial charge >= 0.3 is 0 Å². The van der Waals surface area contributed by atoms with Crippen molar-refractivity contribution in [3.63, 3.8) is 0 Å². The normalized spacial score (nSPS) is 2.80. The van der Waals surface area contributed by atoms with E-state index < -0.39 is 0 Å². The van der Waals surface area contributed by atoms with Crippen molar-refractivity contribution in [1.29, 1.82) is 5.41 Å². The molecular formula is CH3NOS2. The molecule has 0 aromatic carbocycles. The predicted octanol–water partition coefficient (Wildman–Crippen LogP) is 0.662. The molecule has 2 nitrogen and oxygen atoms in total. The Morgan fingerprint density at radius 2 is 1.60 bits per heavy atom. The fourth-order valence-corrected chi connectivity index (χ4v) is 0. The molecule has 0 heterocycles. The van der Waals surface area contributed by atoms with Gasteiger partial charge in [-0.05, 0) is 0 Å². The summed E-state index contributed by atoms with van der Waals surface area (Å²) in [5, 5.41) is 5.40. The third-order valence-corrected chi connectivity index (χ3v) is 0. The van der Waals surface area contributed by atoms with Gasteiger partial charge in [-0.25, -0.2) is 10.2 Å². The van der Waals surface area contributed by atoms with Crippen LogP contribution in [0.15, 0.2) is 0 Å². The van der Waals surface area contributed by atoms with Gasteiger partial charge in [0.25, 0.3) is 0 Å². The third-order valence-electron chi connectivity index (χ3n) is 0. The first kappa shape index (κ1) is 8.91. The van der Waals surface area contributed by atoms with Gasteiger partial charge in [-0.2, -0.15) is 0 Å². The lowest BCUT2D eigenvalue weighted by molar-refractivity contribution is 0.563. The minimum absolute atomic E-state index is 0.750. The van der Waals surface area contributed by atoms with Crippen LogP contribution in [0.1, 0.15) is 0 Å². The van der Waals surface area contributed by atoms with Crippen molar-refractivity contribution >= 4 is 29.4 Å². The second-order valence-corrected chi connectivity index (χ2v) is 0.102. The van der Waals surface area contributed by atoms with E-state index in [9.17, 15) is 0 Å². The summed E-state index contributed by atoms with van der Waals surface area (Å²) in [5.41, 5.74) is 0. The molecule has 0 spiro atoms. The van der Waals surface area contributed by atoms with Gasteiger partial charge in [-0.1, -0.05) is 0 Å². The zero-order valence-corrected chi connectivity index (χ0v) is 4.09. The fourth-order valence-electron chi connectivity index (χ4n) is 0. The molecule has 0 fully saturated rings. The quantitative estimate of drug-likeness (QED) is 0.182. The van der Waals surface area contributed by atoms with E-state index in [1.165, 1.54) is 0 Å². The van der Waals surface area contributed by atoms with Gasteiger partial charge in [-0.3, -0.25) is 0 Å². The maximum absolute atomic E-state index is 8.35. The molecular weight excluding hydrogens is 106 g/mol. The third kappa shape index (κ3) is 2760. The summed E-state index contributed by atoms with van der Waals surface area (Å²) in [7, 11) is 0. The van der Waals surface area contributed by atoms with Gasteiger partial charge in [0.15, 0.2) is 0 Å². The van der Waals surface area contributed by atoms with Crippen molar-refractivity contribution in [2.75, 3.05) is 0 Å². The highest BCUT2D eigenvalue weighted by molar-refractivity contribution is 8.59. The maximum Gasteiger partial charge on any atom is 0.231 e. The van der Waals surface area contributed by atoms with Gasteiger partial charge in [0.1, 0.15) is 0 Å². The lowest BCUT2D eigenvalue weighted by Crippen LogP contribution is -1.16. The lowest BCUT2D eigenvalue weighted by atomic mass is 11.7. The fraction of sp³-hybridized carbons (Fsp3) is 0. The summed E-state index contributed by atoms with van der Waals surface area (Å²) in [5.74, 6) is 0. The molecule has 0 saturated carbocycles. The van der Waals surface area contributed by atoms with Gasteiger partial charge in [0.2, 0.25) is 6.08 Å². The van der Waals surface area contributed by atoms with E-state index in [0.29, 0.717) is 0 Å². The van der Waals surface area contributed by atoms with E-state index in [2.05, 4.69) is 23.3 Å². The summed E-state index contributed by atoms with van der Waals surface area (Å²) >= 11 is 6.44. The van der Waals surface area contributed by atoms with E-state index in [1.54, 1.807) is 0 Å². The van der Waals surface area contributed by atoms with Crippen LogP contribution in [0.5, 0.6) is 0 Å². The average Bonchev–Trinajstić information content (AvgIpc) is 1.46. The largest absolute Gasteiger partial charge is 0.231 e. The smallest absolute Gasteiger partial charge is 0.222 e. The molecule has 0 amide bonds. The topological polar surface area (TPSA) is 40.9 Å². The Labute approximate surface area is 40.3 Å². The Kier molecular flexibility index (Phi) is 59.2. The lowest BCUT2D eigenvalue weighted by Gasteiger charge is -1.11. The highest BCUT2D eigenvalue weighted by Gasteiger charge is 1.03. The zero-order chi connectivity index (χ0) is 4.71. The first-order chi connectivity index (χ1) is 2.41. The molecule has 4 heteroatoms. The molecule has 30 valence electrons. The molecule has 0 aromatic rings. The molecule has 1 N–H and O–H groups in total. The Morgan fingerprint density at radius 1 is 1.60 bits per heavy atom. The first-order valence-corrected chi connectivity index (χ1v) is 2.25. The van der Waals surface area contributed by atoms with Crippen LogP contribution < -0.4 is 0 Å². The number of hydrogen-bond donors (Lipinski definition) is 3. The van der Waals surface area contributed by atoms with Crippen molar-refractivity contribution in [2.45, 2.75) is 0 Å². The number of hydrogen-bond acceptors (Lipinski definition) is 4. The van der Waals surface area contributed by atoms with E-state index in [0.717, 1.165) is 6.08 Å². The van der Waals surface area contributed by atoms with Gasteiger partial charge in [-0.15, -0.1) is 23.3 Å². The molecule has 0 rings (SSSR count). The highest BCUT2D eigenvalue weighted by Crippen LogP contribution is 1.65. The zero-order valence-electron chi connectivity index (χ0n) is 2.30. The van der Waals surface area contributed by atoms with Crippen LogP contribution in [0.2, 0.25) is 0 Å². The van der Waals surface area contributed by atoms with Gasteiger partial charge < -0.3 is 0 Å². The van der Waals surface area contributed by atoms with Crippen LogP contribution in [0.25, 0.3) is 0 Å². The van der Waals surface area contributed by atoms with Crippen LogP contribution in [-0.4, -0.2) is 6.08 Å². The average molecular weight is 109 g/mol. The molecule has 0 aliphatic carbocycles. The molecule has 0 aliphatic rings. The Morgan fingerprint density at radius 3 is 1.60 bits per heavy atom. The maximum atomic E-state index is 8.35. The molecule has 0 atom stereocenters. The van der Waals surface area contributed by atoms with Crippen LogP contribution in [-0.2, 0) is 4.79 Å². The Balaban J connectivity index is 0. The first-order valence-electron chi connectivity index (χ1n) is 0.654. The van der Waals surface area contributed by atoms with Crippen LogP contribution in [0.3, 0.4) is 0 Å². The van der Waals surface area contributed by atoms with E-state index in [4.69, 9.17) is 10.2 Å².